The van der Waals surface area contributed by atoms with Gasteiger partial charge in [0.2, 0.25) is 0 Å². The van der Waals surface area contributed by atoms with Crippen molar-refractivity contribution in [2.45, 2.75) is 46.6 Å². The van der Waals surface area contributed by atoms with Gasteiger partial charge in [0.1, 0.15) is 5.75 Å². The Labute approximate surface area is 105 Å². The van der Waals surface area contributed by atoms with Crippen LogP contribution >= 0.6 is 0 Å². The Balaban J connectivity index is 2.91. The molecule has 0 saturated carbocycles. The second kappa shape index (κ2) is 5.54. The third-order valence-electron chi connectivity index (χ3n) is 3.79. The zero-order chi connectivity index (χ0) is 13.1. The van der Waals surface area contributed by atoms with Crippen molar-refractivity contribution in [3.05, 3.63) is 29.3 Å². The molecule has 1 atom stereocenters. The Hall–Kier alpha value is -1.02. The normalized spacial score (nSPS) is 13.5. The molecule has 1 unspecified atom stereocenters. The third-order valence-corrected chi connectivity index (χ3v) is 3.79. The Morgan fingerprint density at radius 1 is 1.35 bits per heavy atom. The highest BCUT2D eigenvalue weighted by Crippen LogP contribution is 2.29. The summed E-state index contributed by atoms with van der Waals surface area (Å²) in [7, 11) is 1.71. The molecule has 0 bridgehead atoms. The first-order valence-corrected chi connectivity index (χ1v) is 6.29. The van der Waals surface area contributed by atoms with Crippen LogP contribution in [-0.4, -0.2) is 13.2 Å². The van der Waals surface area contributed by atoms with Crippen LogP contribution in [0.15, 0.2) is 18.2 Å². The molecule has 2 N–H and O–H groups in total. The predicted octanol–water partition coefficient (Wildman–Crippen LogP) is 3.31. The van der Waals surface area contributed by atoms with Crippen LogP contribution in [0.25, 0.3) is 0 Å². The van der Waals surface area contributed by atoms with Crippen molar-refractivity contribution in [1.82, 2.24) is 0 Å². The van der Waals surface area contributed by atoms with Gasteiger partial charge in [0.05, 0.1) is 7.11 Å². The van der Waals surface area contributed by atoms with Gasteiger partial charge in [-0.15, -0.1) is 0 Å². The first-order valence-electron chi connectivity index (χ1n) is 6.29. The highest BCUT2D eigenvalue weighted by molar-refractivity contribution is 5.37. The van der Waals surface area contributed by atoms with E-state index >= 15 is 0 Å². The molecule has 17 heavy (non-hydrogen) atoms. The van der Waals surface area contributed by atoms with Crippen molar-refractivity contribution >= 4 is 0 Å². The molecule has 0 radical (unpaired) electrons. The number of rotatable bonds is 5. The molecular formula is C15H25NO. The van der Waals surface area contributed by atoms with Crippen LogP contribution in [0, 0.1) is 12.3 Å². The van der Waals surface area contributed by atoms with E-state index in [2.05, 4.69) is 39.8 Å². The van der Waals surface area contributed by atoms with Gasteiger partial charge in [-0.25, -0.2) is 0 Å². The molecule has 2 nitrogen and oxygen atoms in total. The number of nitrogens with two attached hydrogens (primary N) is 1. The molecule has 0 fully saturated rings. The SMILES string of the molecule is CCC(C)(C)C(N)Cc1cc(C)ccc1OC. The minimum absolute atomic E-state index is 0.156. The Kier molecular flexibility index (Phi) is 4.58. The van der Waals surface area contributed by atoms with E-state index in [1.807, 2.05) is 6.07 Å². The fourth-order valence-electron chi connectivity index (χ4n) is 1.84. The molecule has 1 aromatic carbocycles. The summed E-state index contributed by atoms with van der Waals surface area (Å²) in [5.41, 5.74) is 8.94. The smallest absolute Gasteiger partial charge is 0.122 e. The van der Waals surface area contributed by atoms with Gasteiger partial charge in [-0.2, -0.15) is 0 Å². The number of hydrogen-bond donors (Lipinski definition) is 1. The van der Waals surface area contributed by atoms with Gasteiger partial charge in [0, 0.05) is 6.04 Å². The summed E-state index contributed by atoms with van der Waals surface area (Å²) in [6.45, 7) is 8.73. The van der Waals surface area contributed by atoms with Crippen LogP contribution in [0.1, 0.15) is 38.3 Å². The monoisotopic (exact) mass is 235 g/mol. The summed E-state index contributed by atoms with van der Waals surface area (Å²) < 4.78 is 5.39. The standard InChI is InChI=1S/C15H25NO/c1-6-15(3,4)14(16)10-12-9-11(2)7-8-13(12)17-5/h7-9,14H,6,10,16H2,1-5H3. The van der Waals surface area contributed by atoms with E-state index in [1.165, 1.54) is 11.1 Å². The first kappa shape index (κ1) is 14.0. The van der Waals surface area contributed by atoms with Gasteiger partial charge in [-0.1, -0.05) is 38.5 Å². The zero-order valence-corrected chi connectivity index (χ0v) is 11.7. The molecule has 0 heterocycles. The fraction of sp³-hybridized carbons (Fsp3) is 0.600. The number of methoxy groups -OCH3 is 1. The van der Waals surface area contributed by atoms with Crippen LogP contribution < -0.4 is 10.5 Å². The van der Waals surface area contributed by atoms with Crippen molar-refractivity contribution in [1.29, 1.82) is 0 Å². The lowest BCUT2D eigenvalue weighted by molar-refractivity contribution is 0.270. The average molecular weight is 235 g/mol. The first-order chi connectivity index (χ1) is 7.90. The van der Waals surface area contributed by atoms with Crippen LogP contribution in [0.3, 0.4) is 0 Å². The molecule has 1 rings (SSSR count). The molecule has 0 aliphatic rings. The van der Waals surface area contributed by atoms with Crippen molar-refractivity contribution in [3.63, 3.8) is 0 Å². The topological polar surface area (TPSA) is 35.2 Å². The van der Waals surface area contributed by atoms with Gasteiger partial charge >= 0.3 is 0 Å². The molecule has 96 valence electrons. The quantitative estimate of drug-likeness (QED) is 0.849. The van der Waals surface area contributed by atoms with E-state index in [0.29, 0.717) is 0 Å². The lowest BCUT2D eigenvalue weighted by atomic mass is 9.79. The van der Waals surface area contributed by atoms with Gasteiger partial charge in [-0.3, -0.25) is 0 Å². The largest absolute Gasteiger partial charge is 0.496 e. The maximum atomic E-state index is 6.31. The van der Waals surface area contributed by atoms with Crippen LogP contribution in [-0.2, 0) is 6.42 Å². The molecule has 0 saturated heterocycles. The van der Waals surface area contributed by atoms with Gasteiger partial charge in [0.25, 0.3) is 0 Å². The Morgan fingerprint density at radius 2 is 2.00 bits per heavy atom. The summed E-state index contributed by atoms with van der Waals surface area (Å²) >= 11 is 0. The van der Waals surface area contributed by atoms with Gasteiger partial charge in [0.15, 0.2) is 0 Å². The Morgan fingerprint density at radius 3 is 2.53 bits per heavy atom. The van der Waals surface area contributed by atoms with E-state index in [9.17, 15) is 0 Å². The van der Waals surface area contributed by atoms with E-state index in [0.717, 1.165) is 18.6 Å². The van der Waals surface area contributed by atoms with E-state index in [4.69, 9.17) is 10.5 Å². The van der Waals surface area contributed by atoms with E-state index < -0.39 is 0 Å². The second-order valence-corrected chi connectivity index (χ2v) is 5.47. The number of aryl methyl sites for hydroxylation is 1. The molecule has 0 amide bonds. The van der Waals surface area contributed by atoms with Crippen molar-refractivity contribution in [2.24, 2.45) is 11.1 Å². The molecule has 0 spiro atoms. The molecule has 0 aromatic heterocycles. The van der Waals surface area contributed by atoms with Gasteiger partial charge < -0.3 is 10.5 Å². The Bertz CT molecular complexity index is 371. The highest BCUT2D eigenvalue weighted by Gasteiger charge is 2.25. The van der Waals surface area contributed by atoms with E-state index in [-0.39, 0.29) is 11.5 Å². The average Bonchev–Trinajstić information content (AvgIpc) is 2.29. The van der Waals surface area contributed by atoms with Crippen molar-refractivity contribution in [3.8, 4) is 5.75 Å². The highest BCUT2D eigenvalue weighted by atomic mass is 16.5. The molecular weight excluding hydrogens is 210 g/mol. The molecule has 1 aromatic rings. The second-order valence-electron chi connectivity index (χ2n) is 5.47. The molecule has 2 heteroatoms. The fourth-order valence-corrected chi connectivity index (χ4v) is 1.84. The number of ether oxygens (including phenoxy) is 1. The van der Waals surface area contributed by atoms with E-state index in [1.54, 1.807) is 7.11 Å². The lowest BCUT2D eigenvalue weighted by Crippen LogP contribution is -2.38. The summed E-state index contributed by atoms with van der Waals surface area (Å²) in [4.78, 5) is 0. The zero-order valence-electron chi connectivity index (χ0n) is 11.7. The minimum atomic E-state index is 0.156. The number of benzene rings is 1. The van der Waals surface area contributed by atoms with Crippen LogP contribution in [0.5, 0.6) is 5.75 Å². The number of hydrogen-bond acceptors (Lipinski definition) is 2. The maximum absolute atomic E-state index is 6.31. The minimum Gasteiger partial charge on any atom is -0.496 e. The van der Waals surface area contributed by atoms with Crippen molar-refractivity contribution in [2.75, 3.05) is 7.11 Å². The van der Waals surface area contributed by atoms with Crippen LogP contribution in [0.4, 0.5) is 0 Å². The van der Waals surface area contributed by atoms with Crippen LogP contribution in [0.2, 0.25) is 0 Å². The lowest BCUT2D eigenvalue weighted by Gasteiger charge is -2.31. The third kappa shape index (κ3) is 3.47. The summed E-state index contributed by atoms with van der Waals surface area (Å²) in [6.07, 6.45) is 1.95. The summed E-state index contributed by atoms with van der Waals surface area (Å²) in [6, 6.07) is 6.42. The summed E-state index contributed by atoms with van der Waals surface area (Å²) in [5, 5.41) is 0. The molecule has 0 aliphatic heterocycles. The predicted molar refractivity (Wildman–Crippen MR) is 73.5 cm³/mol. The maximum Gasteiger partial charge on any atom is 0.122 e. The van der Waals surface area contributed by atoms with Crippen molar-refractivity contribution < 1.29 is 4.74 Å². The van der Waals surface area contributed by atoms with Gasteiger partial charge in [-0.05, 0) is 36.8 Å². The molecule has 0 aliphatic carbocycles. The summed E-state index contributed by atoms with van der Waals surface area (Å²) in [5.74, 6) is 0.943.